The van der Waals surface area contributed by atoms with Gasteiger partial charge in [0.2, 0.25) is 11.8 Å². The van der Waals surface area contributed by atoms with Crippen LogP contribution in [-0.2, 0) is 28.7 Å². The van der Waals surface area contributed by atoms with Crippen LogP contribution in [0.15, 0.2) is 12.2 Å². The fourth-order valence-corrected chi connectivity index (χ4v) is 3.00. The zero-order chi connectivity index (χ0) is 20.9. The Morgan fingerprint density at radius 1 is 0.893 bits per heavy atom. The van der Waals surface area contributed by atoms with Crippen molar-refractivity contribution in [1.29, 1.82) is 0 Å². The molecule has 2 rings (SSSR count). The molecular formula is C19H30N2O6S. The first kappa shape index (κ1) is 24.3. The number of hydrogen-bond acceptors (Lipinski definition) is 7. The number of thioether (sulfide) groups is 1. The van der Waals surface area contributed by atoms with Crippen molar-refractivity contribution in [3.63, 3.8) is 0 Å². The molecule has 0 N–H and O–H groups in total. The summed E-state index contributed by atoms with van der Waals surface area (Å²) in [4.78, 5) is 48.5. The predicted octanol–water partition coefficient (Wildman–Crippen LogP) is 1.24. The monoisotopic (exact) mass is 414 g/mol. The molecule has 158 valence electrons. The predicted molar refractivity (Wildman–Crippen MR) is 107 cm³/mol. The summed E-state index contributed by atoms with van der Waals surface area (Å²) in [6.45, 7) is 5.92. The van der Waals surface area contributed by atoms with Gasteiger partial charge in [0.1, 0.15) is 0 Å². The quantitative estimate of drug-likeness (QED) is 0.371. The number of rotatable bonds is 11. The molecule has 28 heavy (non-hydrogen) atoms. The highest BCUT2D eigenvalue weighted by Gasteiger charge is 2.37. The number of ether oxygens (including phenoxy) is 2. The minimum absolute atomic E-state index is 0.152. The van der Waals surface area contributed by atoms with Gasteiger partial charge in [0, 0.05) is 18.6 Å². The van der Waals surface area contributed by atoms with Crippen LogP contribution in [-0.4, -0.2) is 84.5 Å². The summed E-state index contributed by atoms with van der Waals surface area (Å²) in [7, 11) is 0. The van der Waals surface area contributed by atoms with Crippen molar-refractivity contribution in [2.75, 3.05) is 45.8 Å². The Bertz CT molecular complexity index is 561. The maximum absolute atomic E-state index is 11.9. The third kappa shape index (κ3) is 7.73. The molecule has 0 radical (unpaired) electrons. The summed E-state index contributed by atoms with van der Waals surface area (Å²) in [5.74, 6) is -0.972. The van der Waals surface area contributed by atoms with E-state index in [-0.39, 0.29) is 61.6 Å². The van der Waals surface area contributed by atoms with E-state index < -0.39 is 0 Å². The van der Waals surface area contributed by atoms with Crippen LogP contribution in [0.4, 0.5) is 0 Å². The lowest BCUT2D eigenvalue weighted by Gasteiger charge is -2.15. The minimum Gasteiger partial charge on any atom is -0.377 e. The third-order valence-corrected chi connectivity index (χ3v) is 5.12. The fraction of sp³-hybridized carbons (Fsp3) is 0.684. The summed E-state index contributed by atoms with van der Waals surface area (Å²) in [5, 5.41) is -0.272. The molecule has 2 heterocycles. The fourth-order valence-electron chi connectivity index (χ4n) is 2.36. The van der Waals surface area contributed by atoms with Gasteiger partial charge in [-0.05, 0) is 6.26 Å². The Morgan fingerprint density at radius 2 is 1.39 bits per heavy atom. The Labute approximate surface area is 170 Å². The Morgan fingerprint density at radius 3 is 1.82 bits per heavy atom. The highest BCUT2D eigenvalue weighted by molar-refractivity contribution is 8.00. The summed E-state index contributed by atoms with van der Waals surface area (Å²) >= 11 is 1.38. The average Bonchev–Trinajstić information content (AvgIpc) is 3.16. The van der Waals surface area contributed by atoms with Gasteiger partial charge in [-0.25, -0.2) is 0 Å². The van der Waals surface area contributed by atoms with E-state index in [1.165, 1.54) is 41.7 Å². The van der Waals surface area contributed by atoms with Crippen molar-refractivity contribution in [2.45, 2.75) is 38.4 Å². The number of amides is 4. The van der Waals surface area contributed by atoms with E-state index >= 15 is 0 Å². The van der Waals surface area contributed by atoms with Gasteiger partial charge < -0.3 is 9.47 Å². The van der Waals surface area contributed by atoms with E-state index in [0.717, 1.165) is 4.90 Å². The van der Waals surface area contributed by atoms with Crippen molar-refractivity contribution in [2.24, 2.45) is 0 Å². The topological polar surface area (TPSA) is 93.2 Å². The molecule has 1 saturated heterocycles. The normalized spacial score (nSPS) is 18.9. The molecule has 2 aliphatic heterocycles. The molecule has 1 unspecified atom stereocenters. The van der Waals surface area contributed by atoms with E-state index in [4.69, 9.17) is 9.47 Å². The summed E-state index contributed by atoms with van der Waals surface area (Å²) in [6, 6.07) is 0. The van der Waals surface area contributed by atoms with Gasteiger partial charge >= 0.3 is 0 Å². The molecule has 0 saturated carbocycles. The zero-order valence-electron chi connectivity index (χ0n) is 16.8. The largest absolute Gasteiger partial charge is 0.377 e. The molecule has 1 atom stereocenters. The summed E-state index contributed by atoms with van der Waals surface area (Å²) in [6.07, 6.45) is 7.17. The van der Waals surface area contributed by atoms with Gasteiger partial charge in [0.05, 0.1) is 44.8 Å². The number of likely N-dealkylation sites (tertiary alicyclic amines) is 1. The molecule has 0 aliphatic carbocycles. The van der Waals surface area contributed by atoms with Crippen LogP contribution in [0, 0.1) is 0 Å². The molecule has 1 fully saturated rings. The smallest absolute Gasteiger partial charge is 0.253 e. The Balaban J connectivity index is 0.000000892. The number of unbranched alkanes of at least 4 members (excludes halogenated alkanes) is 1. The van der Waals surface area contributed by atoms with Crippen LogP contribution in [0.5, 0.6) is 0 Å². The SMILES string of the molecule is CCCC.CSC1CC(=O)N(CCOCCOCCN2C(=O)C=CC2=O)C1=O. The van der Waals surface area contributed by atoms with Crippen LogP contribution in [0.1, 0.15) is 33.1 Å². The van der Waals surface area contributed by atoms with Gasteiger partial charge in [0.15, 0.2) is 0 Å². The van der Waals surface area contributed by atoms with Crippen LogP contribution < -0.4 is 0 Å². The standard InChI is InChI=1S/C15H20N2O6S.C4H10/c1-24-11-10-14(20)17(15(11)21)5-7-23-9-8-22-6-4-16-12(18)2-3-13(16)19;1-3-4-2/h2-3,11H,4-10H2,1H3;3-4H2,1-2H3. The molecule has 8 nitrogen and oxygen atoms in total. The van der Waals surface area contributed by atoms with Crippen LogP contribution in [0.3, 0.4) is 0 Å². The molecular weight excluding hydrogens is 384 g/mol. The Kier molecular flexibility index (Phi) is 11.7. The zero-order valence-corrected chi connectivity index (χ0v) is 17.7. The molecule has 9 heteroatoms. The van der Waals surface area contributed by atoms with E-state index in [1.807, 2.05) is 6.26 Å². The van der Waals surface area contributed by atoms with Gasteiger partial charge in [-0.3, -0.25) is 29.0 Å². The molecule has 0 spiro atoms. The maximum Gasteiger partial charge on any atom is 0.253 e. The van der Waals surface area contributed by atoms with E-state index in [0.29, 0.717) is 13.2 Å². The second kappa shape index (κ2) is 13.5. The first-order valence-corrected chi connectivity index (χ1v) is 10.8. The van der Waals surface area contributed by atoms with Crippen LogP contribution >= 0.6 is 11.8 Å². The van der Waals surface area contributed by atoms with Crippen LogP contribution in [0.25, 0.3) is 0 Å². The molecule has 0 bridgehead atoms. The molecule has 0 aromatic heterocycles. The minimum atomic E-state index is -0.330. The highest BCUT2D eigenvalue weighted by Crippen LogP contribution is 2.22. The number of carbonyl (C=O) groups is 4. The van der Waals surface area contributed by atoms with E-state index in [9.17, 15) is 19.2 Å². The van der Waals surface area contributed by atoms with Gasteiger partial charge in [-0.15, -0.1) is 0 Å². The van der Waals surface area contributed by atoms with Crippen molar-refractivity contribution < 1.29 is 28.7 Å². The van der Waals surface area contributed by atoms with Gasteiger partial charge in [0.25, 0.3) is 11.8 Å². The number of imide groups is 2. The second-order valence-corrected chi connectivity index (χ2v) is 7.24. The van der Waals surface area contributed by atoms with Crippen molar-refractivity contribution in [1.82, 2.24) is 9.80 Å². The summed E-state index contributed by atoms with van der Waals surface area (Å²) < 4.78 is 10.6. The lowest BCUT2D eigenvalue weighted by molar-refractivity contribution is -0.140. The first-order valence-electron chi connectivity index (χ1n) is 9.52. The lowest BCUT2D eigenvalue weighted by atomic mass is 10.4. The summed E-state index contributed by atoms with van der Waals surface area (Å²) in [5.41, 5.74) is 0. The Hall–Kier alpha value is -1.71. The van der Waals surface area contributed by atoms with E-state index in [2.05, 4.69) is 13.8 Å². The van der Waals surface area contributed by atoms with E-state index in [1.54, 1.807) is 0 Å². The van der Waals surface area contributed by atoms with Gasteiger partial charge in [-0.2, -0.15) is 11.8 Å². The molecule has 0 aromatic carbocycles. The number of hydrogen-bond donors (Lipinski definition) is 0. The maximum atomic E-state index is 11.9. The molecule has 4 amide bonds. The van der Waals surface area contributed by atoms with Crippen molar-refractivity contribution >= 4 is 35.4 Å². The first-order chi connectivity index (χ1) is 13.5. The van der Waals surface area contributed by atoms with Crippen molar-refractivity contribution in [3.8, 4) is 0 Å². The number of carbonyl (C=O) groups excluding carboxylic acids is 4. The number of nitrogens with zero attached hydrogens (tertiary/aromatic N) is 2. The second-order valence-electron chi connectivity index (χ2n) is 6.20. The van der Waals surface area contributed by atoms with Crippen molar-refractivity contribution in [3.05, 3.63) is 12.2 Å². The molecule has 0 aromatic rings. The van der Waals surface area contributed by atoms with Crippen LogP contribution in [0.2, 0.25) is 0 Å². The average molecular weight is 415 g/mol. The third-order valence-electron chi connectivity index (χ3n) is 4.18. The lowest BCUT2D eigenvalue weighted by Crippen LogP contribution is -2.34. The highest BCUT2D eigenvalue weighted by atomic mass is 32.2. The molecule has 2 aliphatic rings. The van der Waals surface area contributed by atoms with Gasteiger partial charge in [-0.1, -0.05) is 26.7 Å².